The molecule has 6 aromatic rings. The van der Waals surface area contributed by atoms with Gasteiger partial charge >= 0.3 is 18.0 Å². The molecule has 0 spiro atoms. The minimum absolute atomic E-state index is 0.0267. The van der Waals surface area contributed by atoms with Crippen LogP contribution in [0.2, 0.25) is 0 Å². The molecular formula is C75H90N10O24S2. The first-order chi connectivity index (χ1) is 52.9. The van der Waals surface area contributed by atoms with Crippen LogP contribution in [0.25, 0.3) is 21.3 Å². The number of aromatic nitrogens is 4. The van der Waals surface area contributed by atoms with Crippen molar-refractivity contribution in [3.63, 3.8) is 0 Å². The summed E-state index contributed by atoms with van der Waals surface area (Å²) in [5.74, 6) is -6.39. The molecule has 1 saturated heterocycles. The van der Waals surface area contributed by atoms with Crippen molar-refractivity contribution >= 4 is 90.2 Å². The van der Waals surface area contributed by atoms with Crippen LogP contribution >= 0.6 is 11.3 Å². The first-order valence-electron chi connectivity index (χ1n) is 36.3. The van der Waals surface area contributed by atoms with Gasteiger partial charge in [0, 0.05) is 111 Å². The lowest BCUT2D eigenvalue weighted by molar-refractivity contribution is -0.271. The molecule has 3 aliphatic heterocycles. The third kappa shape index (κ3) is 18.6. The smallest absolute Gasteiger partial charge is 0.410 e. The SMILES string of the molecule is COCCN(CCOC1CC2(Cn3ncc(-c4ccc(N5CCc6c(OC)ccc(C(=O)Nc7nc8ccccc8s7)c6C5)nc4C(=O)O)c3C)CC3(C)CCC1C(C)(C3)C2)C(=O)OCc1ccc(O[C@@H]2O[C@H](C(=O)O)[C@@H](O)[C@H](O)[C@H]2O)cc1OCCOCCNC(=O)[C@H](CS(=O)(=O)O)NC(=O)CCN1C(=O)C=CC1=O. The number of carboxylic acid groups (broad SMARTS) is 2. The average molecular weight is 1580 g/mol. The van der Waals surface area contributed by atoms with Gasteiger partial charge < -0.3 is 83.9 Å². The highest BCUT2D eigenvalue weighted by Gasteiger charge is 2.62. The van der Waals surface area contributed by atoms with Crippen LogP contribution in [-0.4, -0.2) is 244 Å². The van der Waals surface area contributed by atoms with E-state index in [1.54, 1.807) is 31.5 Å². The number of aliphatic hydroxyl groups excluding tert-OH is 3. The lowest BCUT2D eigenvalue weighted by Crippen LogP contribution is -2.61. The second kappa shape index (κ2) is 34.1. The number of thiazole rings is 1. The van der Waals surface area contributed by atoms with E-state index in [-0.39, 0.29) is 123 Å². The Bertz CT molecular complexity index is 4620. The summed E-state index contributed by atoms with van der Waals surface area (Å²) in [6.07, 6.45) is -1.41. The zero-order valence-electron chi connectivity index (χ0n) is 61.7. The van der Waals surface area contributed by atoms with Crippen LogP contribution in [0.4, 0.5) is 15.7 Å². The molecule has 3 aromatic heterocycles. The van der Waals surface area contributed by atoms with Gasteiger partial charge in [0.25, 0.3) is 27.8 Å². The summed E-state index contributed by atoms with van der Waals surface area (Å²) in [4.78, 5) is 117. The second-order valence-electron chi connectivity index (χ2n) is 29.5. The Labute approximate surface area is 642 Å². The maximum Gasteiger partial charge on any atom is 0.410 e. The number of rotatable bonds is 34. The van der Waals surface area contributed by atoms with Crippen molar-refractivity contribution in [2.45, 2.75) is 135 Å². The van der Waals surface area contributed by atoms with Crippen molar-refractivity contribution in [1.82, 2.24) is 40.2 Å². The van der Waals surface area contributed by atoms with Gasteiger partial charge in [0.15, 0.2) is 16.9 Å². The first-order valence-corrected chi connectivity index (χ1v) is 38.8. The molecule has 111 heavy (non-hydrogen) atoms. The average Bonchev–Trinajstić information content (AvgIpc) is 1.06. The molecule has 12 rings (SSSR count). The molecule has 3 aliphatic carbocycles. The van der Waals surface area contributed by atoms with Gasteiger partial charge in [-0.05, 0) is 128 Å². The molecule has 6 aliphatic rings. The minimum Gasteiger partial charge on any atom is -0.496 e. The van der Waals surface area contributed by atoms with Crippen LogP contribution in [0.3, 0.4) is 0 Å². The van der Waals surface area contributed by atoms with E-state index >= 15 is 0 Å². The molecule has 3 aromatic carbocycles. The fraction of sp³-hybridized carbons (Fsp3) is 0.507. The van der Waals surface area contributed by atoms with Gasteiger partial charge in [-0.1, -0.05) is 37.3 Å². The van der Waals surface area contributed by atoms with Gasteiger partial charge in [-0.15, -0.1) is 0 Å². The van der Waals surface area contributed by atoms with Gasteiger partial charge in [0.2, 0.25) is 18.1 Å². The number of aliphatic carboxylic acids is 1. The third-order valence-corrected chi connectivity index (χ3v) is 23.3. The van der Waals surface area contributed by atoms with Crippen molar-refractivity contribution in [2.75, 3.05) is 95.9 Å². The lowest BCUT2D eigenvalue weighted by Gasteiger charge is -2.66. The Kier molecular flexibility index (Phi) is 24.8. The Hall–Kier alpha value is -9.76. The summed E-state index contributed by atoms with van der Waals surface area (Å²) in [5.41, 5.74) is 4.43. The van der Waals surface area contributed by atoms with E-state index < -0.39 is 107 Å². The fourth-order valence-corrected chi connectivity index (χ4v) is 18.4. The molecule has 3 saturated carbocycles. The number of hydrogen-bond donors (Lipinski definition) is 9. The molecule has 3 bridgehead atoms. The molecule has 11 atom stereocenters. The van der Waals surface area contributed by atoms with Gasteiger partial charge in [0.1, 0.15) is 66.4 Å². The van der Waals surface area contributed by atoms with Crippen LogP contribution in [0.1, 0.15) is 102 Å². The topological polar surface area (TPSA) is 455 Å². The molecule has 34 nitrogen and oxygen atoms in total. The Morgan fingerprint density at radius 1 is 0.856 bits per heavy atom. The summed E-state index contributed by atoms with van der Waals surface area (Å²) < 4.78 is 83.0. The van der Waals surface area contributed by atoms with Gasteiger partial charge in [-0.3, -0.25) is 43.4 Å². The number of aliphatic hydroxyl groups is 3. The van der Waals surface area contributed by atoms with Crippen molar-refractivity contribution in [3.8, 4) is 28.4 Å². The van der Waals surface area contributed by atoms with Gasteiger partial charge in [-0.2, -0.15) is 13.5 Å². The molecule has 36 heteroatoms. The number of nitrogens with zero attached hydrogens (tertiary/aromatic N) is 7. The number of imide groups is 1. The van der Waals surface area contributed by atoms with Gasteiger partial charge in [0.05, 0.1) is 56.1 Å². The zero-order valence-corrected chi connectivity index (χ0v) is 63.4. The maximum absolute atomic E-state index is 14.3. The number of aromatic carboxylic acids is 1. The normalized spacial score (nSPS) is 24.2. The zero-order chi connectivity index (χ0) is 79.3. The van der Waals surface area contributed by atoms with Gasteiger partial charge in [-0.25, -0.2) is 24.4 Å². The summed E-state index contributed by atoms with van der Waals surface area (Å²) >= 11 is 1.38. The number of carbonyl (C=O) groups is 8. The van der Waals surface area contributed by atoms with E-state index in [2.05, 4.69) is 34.8 Å². The maximum atomic E-state index is 14.3. The molecule has 9 N–H and O–H groups in total. The summed E-state index contributed by atoms with van der Waals surface area (Å²) in [6, 6.07) is 17.1. The highest BCUT2D eigenvalue weighted by molar-refractivity contribution is 7.85. The number of anilines is 2. The van der Waals surface area contributed by atoms with E-state index in [1.807, 2.05) is 46.8 Å². The van der Waals surface area contributed by atoms with E-state index in [4.69, 9.17) is 48.0 Å². The van der Waals surface area contributed by atoms with E-state index in [0.29, 0.717) is 59.3 Å². The molecule has 6 amide bonds. The predicted molar refractivity (Wildman–Crippen MR) is 395 cm³/mol. The number of para-hydroxylation sites is 1. The summed E-state index contributed by atoms with van der Waals surface area (Å²) in [6.45, 7) is 6.84. The number of pyridine rings is 1. The van der Waals surface area contributed by atoms with Crippen LogP contribution in [0.15, 0.2) is 85.1 Å². The highest BCUT2D eigenvalue weighted by Crippen LogP contribution is 2.69. The van der Waals surface area contributed by atoms with Crippen molar-refractivity contribution in [3.05, 3.63) is 119 Å². The standard InChI is InChI=1S/C75H90N10O24S2/c1-42-48(46-13-15-57(80-61(46)68(94)95)83-23-19-45-49(35-83)47(12-14-53(45)103-5)66(92)81-71-79-51-8-6-7-9-56(51)110-71)34-77-85(42)41-75-33-55(50-18-21-73(2,39-75)38-74(50,3)40-75)105-29-26-82(25-28-102-4)72(98)107-36-43-10-11-44(108-70-64(91)62(89)63(90)65(109-70)69(96)97)32-54(43)106-31-30-104-27-22-76-67(93)52(37-111(99,100)101)78-58(86)20-24-84-59(87)16-17-60(84)88/h6-17,32,34,50,52,55,62-65,70,89-91H,18-31,33,35-41H2,1-5H3,(H,76,93)(H,78,86)(H,94,95)(H,96,97)(H,79,81,92)(H,99,100,101)/t50?,52-,55?,62-,63-,64+,65-,70+,73?,74?,75?/m0/s1. The van der Waals surface area contributed by atoms with Crippen LogP contribution < -0.4 is 35.1 Å². The first kappa shape index (κ1) is 80.7. The molecular weight excluding hydrogens is 1490 g/mol. The molecule has 4 fully saturated rings. The number of carboxylic acids is 2. The Morgan fingerprint density at radius 3 is 2.37 bits per heavy atom. The number of carbonyl (C=O) groups excluding carboxylic acids is 6. The molecule has 5 unspecified atom stereocenters. The van der Waals surface area contributed by atoms with Crippen LogP contribution in [0.5, 0.6) is 17.2 Å². The van der Waals surface area contributed by atoms with E-state index in [1.165, 1.54) is 41.5 Å². The quantitative estimate of drug-likeness (QED) is 0.0152. The minimum atomic E-state index is -4.81. The number of ether oxygens (including phenoxy) is 8. The van der Waals surface area contributed by atoms with Crippen molar-refractivity contribution < 1.29 is 115 Å². The van der Waals surface area contributed by atoms with Crippen molar-refractivity contribution in [2.24, 2.45) is 22.2 Å². The Morgan fingerprint density at radius 2 is 1.63 bits per heavy atom. The molecule has 6 heterocycles. The highest BCUT2D eigenvalue weighted by atomic mass is 32.2. The number of hydrogen-bond acceptors (Lipinski definition) is 26. The van der Waals surface area contributed by atoms with Crippen molar-refractivity contribution in [1.29, 1.82) is 0 Å². The fourth-order valence-electron chi connectivity index (χ4n) is 16.8. The predicted octanol–water partition coefficient (Wildman–Crippen LogP) is 4.52. The number of amides is 6. The number of nitrogens with one attached hydrogen (secondary N) is 3. The molecule has 596 valence electrons. The number of benzene rings is 3. The lowest BCUT2D eigenvalue weighted by atomic mass is 9.41. The van der Waals surface area contributed by atoms with Crippen LogP contribution in [-0.2, 0) is 83.9 Å². The van der Waals surface area contributed by atoms with Crippen LogP contribution in [0, 0.1) is 29.1 Å². The summed E-state index contributed by atoms with van der Waals surface area (Å²) in [7, 11) is -1.73. The Balaban J connectivity index is 0.687. The second-order valence-corrected chi connectivity index (χ2v) is 32.0. The van der Waals surface area contributed by atoms with E-state index in [0.717, 1.165) is 76.2 Å². The monoisotopic (exact) mass is 1580 g/mol. The molecule has 0 radical (unpaired) electrons. The van der Waals surface area contributed by atoms with E-state index in [9.17, 15) is 76.9 Å². The summed E-state index contributed by atoms with van der Waals surface area (Å²) in [5, 5.41) is 65.1. The number of fused-ring (bicyclic) bond motifs is 4. The largest absolute Gasteiger partial charge is 0.496 e. The third-order valence-electron chi connectivity index (χ3n) is 21.6. The number of methoxy groups -OCH3 is 2.